The smallest absolute Gasteiger partial charge is 0.264 e. The number of amides is 1. The van der Waals surface area contributed by atoms with Crippen molar-refractivity contribution < 1.29 is 4.79 Å². The Balaban J connectivity index is 2.80. The van der Waals surface area contributed by atoms with Crippen LogP contribution in [0, 0.1) is 19.3 Å². The lowest BCUT2D eigenvalue weighted by Crippen LogP contribution is -2.42. The van der Waals surface area contributed by atoms with E-state index in [0.29, 0.717) is 4.88 Å². The summed E-state index contributed by atoms with van der Waals surface area (Å²) in [6.45, 7) is 5.36. The zero-order valence-electron chi connectivity index (χ0n) is 8.42. The quantitative estimate of drug-likeness (QED) is 0.750. The van der Waals surface area contributed by atoms with Gasteiger partial charge < -0.3 is 5.32 Å². The van der Waals surface area contributed by atoms with E-state index in [4.69, 9.17) is 6.42 Å². The first-order chi connectivity index (χ1) is 6.46. The van der Waals surface area contributed by atoms with Crippen LogP contribution < -0.4 is 5.32 Å². The molecule has 1 heterocycles. The second-order valence-corrected chi connectivity index (χ2v) is 4.35. The summed E-state index contributed by atoms with van der Waals surface area (Å²) in [5.41, 5.74) is 1.76. The molecule has 1 amide bonds. The molecular weight excluding hydrogens is 196 g/mol. The Morgan fingerprint density at radius 2 is 2.36 bits per heavy atom. The van der Waals surface area contributed by atoms with Crippen molar-refractivity contribution in [2.45, 2.75) is 26.3 Å². The summed E-state index contributed by atoms with van der Waals surface area (Å²) in [7, 11) is 0. The van der Waals surface area contributed by atoms with E-state index in [2.05, 4.69) is 16.2 Å². The van der Waals surface area contributed by atoms with Crippen LogP contribution in [0.4, 0.5) is 0 Å². The van der Waals surface area contributed by atoms with Crippen molar-refractivity contribution in [1.29, 1.82) is 0 Å². The average molecular weight is 208 g/mol. The molecule has 1 rings (SSSR count). The Labute approximate surface area is 87.6 Å². The molecule has 1 N–H and O–H groups in total. The van der Waals surface area contributed by atoms with E-state index in [9.17, 15) is 4.79 Å². The Kier molecular flexibility index (Phi) is 2.92. The topological polar surface area (TPSA) is 42.0 Å². The predicted molar refractivity (Wildman–Crippen MR) is 57.2 cm³/mol. The summed E-state index contributed by atoms with van der Waals surface area (Å²) < 4.78 is 0. The third kappa shape index (κ3) is 2.33. The molecule has 74 valence electrons. The highest BCUT2D eigenvalue weighted by Gasteiger charge is 2.20. The molecule has 0 radical (unpaired) electrons. The highest BCUT2D eigenvalue weighted by Crippen LogP contribution is 2.13. The summed E-state index contributed by atoms with van der Waals surface area (Å²) in [6, 6.07) is 0. The molecule has 4 heteroatoms. The maximum Gasteiger partial charge on any atom is 0.264 e. The molecule has 0 aliphatic carbocycles. The van der Waals surface area contributed by atoms with E-state index in [1.54, 1.807) is 26.3 Å². The van der Waals surface area contributed by atoms with Crippen LogP contribution in [0.2, 0.25) is 0 Å². The first-order valence-electron chi connectivity index (χ1n) is 4.16. The van der Waals surface area contributed by atoms with Crippen LogP contribution in [0.1, 0.15) is 29.2 Å². The highest BCUT2D eigenvalue weighted by molar-refractivity contribution is 7.11. The molecule has 0 aliphatic rings. The maximum absolute atomic E-state index is 11.7. The van der Waals surface area contributed by atoms with Crippen molar-refractivity contribution in [2.75, 3.05) is 0 Å². The van der Waals surface area contributed by atoms with E-state index < -0.39 is 5.54 Å². The fourth-order valence-corrected chi connectivity index (χ4v) is 1.59. The number of terminal acetylenes is 1. The van der Waals surface area contributed by atoms with Crippen molar-refractivity contribution >= 4 is 17.2 Å². The average Bonchev–Trinajstić information content (AvgIpc) is 2.51. The summed E-state index contributed by atoms with van der Waals surface area (Å²) in [5, 5.41) is 2.74. The van der Waals surface area contributed by atoms with Crippen LogP contribution in [-0.4, -0.2) is 16.4 Å². The Hall–Kier alpha value is -1.34. The first kappa shape index (κ1) is 10.7. The van der Waals surface area contributed by atoms with Crippen molar-refractivity contribution in [3.05, 3.63) is 16.1 Å². The molecule has 14 heavy (non-hydrogen) atoms. The number of nitrogens with zero attached hydrogens (tertiary/aromatic N) is 1. The number of aryl methyl sites for hydroxylation is 1. The minimum Gasteiger partial charge on any atom is -0.336 e. The van der Waals surface area contributed by atoms with Gasteiger partial charge in [-0.1, -0.05) is 5.92 Å². The van der Waals surface area contributed by atoms with Gasteiger partial charge in [-0.15, -0.1) is 17.8 Å². The summed E-state index contributed by atoms with van der Waals surface area (Å²) >= 11 is 1.32. The van der Waals surface area contributed by atoms with Gasteiger partial charge in [0.2, 0.25) is 0 Å². The fourth-order valence-electron chi connectivity index (χ4n) is 0.897. The number of aromatic nitrogens is 1. The zero-order valence-corrected chi connectivity index (χ0v) is 9.23. The van der Waals surface area contributed by atoms with Gasteiger partial charge in [0.1, 0.15) is 4.88 Å². The molecule has 3 nitrogen and oxygen atoms in total. The van der Waals surface area contributed by atoms with Crippen LogP contribution in [0.5, 0.6) is 0 Å². The van der Waals surface area contributed by atoms with Gasteiger partial charge in [0.15, 0.2) is 0 Å². The SMILES string of the molecule is C#CC(C)(C)NC(=O)c1scnc1C. The van der Waals surface area contributed by atoms with Crippen LogP contribution in [-0.2, 0) is 0 Å². The zero-order chi connectivity index (χ0) is 10.8. The summed E-state index contributed by atoms with van der Waals surface area (Å²) in [4.78, 5) is 16.3. The molecule has 0 bridgehead atoms. The number of nitrogens with one attached hydrogen (secondary N) is 1. The number of carbonyl (C=O) groups excluding carboxylic acids is 1. The number of hydrogen-bond acceptors (Lipinski definition) is 3. The van der Waals surface area contributed by atoms with Gasteiger partial charge in [-0.3, -0.25) is 4.79 Å². The van der Waals surface area contributed by atoms with E-state index in [-0.39, 0.29) is 5.91 Å². The van der Waals surface area contributed by atoms with Crippen LogP contribution in [0.25, 0.3) is 0 Å². The summed E-state index contributed by atoms with van der Waals surface area (Å²) in [5.74, 6) is 2.35. The van der Waals surface area contributed by atoms with E-state index in [1.807, 2.05) is 0 Å². The molecule has 0 unspecified atom stereocenters. The van der Waals surface area contributed by atoms with Gasteiger partial charge in [-0.2, -0.15) is 0 Å². The van der Waals surface area contributed by atoms with Crippen molar-refractivity contribution in [1.82, 2.24) is 10.3 Å². The monoisotopic (exact) mass is 208 g/mol. The van der Waals surface area contributed by atoms with Crippen LogP contribution in [0.15, 0.2) is 5.51 Å². The molecule has 0 atom stereocenters. The van der Waals surface area contributed by atoms with Crippen LogP contribution >= 0.6 is 11.3 Å². The highest BCUT2D eigenvalue weighted by atomic mass is 32.1. The summed E-state index contributed by atoms with van der Waals surface area (Å²) in [6.07, 6.45) is 5.27. The lowest BCUT2D eigenvalue weighted by atomic mass is 10.1. The largest absolute Gasteiger partial charge is 0.336 e. The Bertz CT molecular complexity index is 387. The van der Waals surface area contributed by atoms with Gasteiger partial charge >= 0.3 is 0 Å². The van der Waals surface area contributed by atoms with Crippen LogP contribution in [0.3, 0.4) is 0 Å². The second-order valence-electron chi connectivity index (χ2n) is 3.49. The molecule has 1 aromatic heterocycles. The number of thiazole rings is 1. The minimum atomic E-state index is -0.618. The van der Waals surface area contributed by atoms with E-state index in [0.717, 1.165) is 5.69 Å². The van der Waals surface area contributed by atoms with Crippen molar-refractivity contribution in [3.8, 4) is 12.3 Å². The predicted octanol–water partition coefficient (Wildman–Crippen LogP) is 1.59. The third-order valence-corrected chi connectivity index (χ3v) is 2.67. The molecule has 0 aliphatic heterocycles. The molecule has 1 aromatic rings. The molecule has 0 saturated heterocycles. The minimum absolute atomic E-state index is 0.159. The standard InChI is InChI=1S/C10H12N2OS/c1-5-10(3,4)12-9(13)8-7(2)11-6-14-8/h1,6H,2-4H3,(H,12,13). The third-order valence-electron chi connectivity index (χ3n) is 1.74. The lowest BCUT2D eigenvalue weighted by molar-refractivity contribution is 0.0933. The van der Waals surface area contributed by atoms with Crippen molar-refractivity contribution in [2.24, 2.45) is 0 Å². The molecule has 0 aromatic carbocycles. The normalized spacial score (nSPS) is 10.7. The molecular formula is C10H12N2OS. The first-order valence-corrected chi connectivity index (χ1v) is 5.04. The maximum atomic E-state index is 11.7. The molecule has 0 saturated carbocycles. The Morgan fingerprint density at radius 1 is 1.71 bits per heavy atom. The van der Waals surface area contributed by atoms with Gasteiger partial charge in [0, 0.05) is 0 Å². The van der Waals surface area contributed by atoms with Gasteiger partial charge in [-0.25, -0.2) is 4.98 Å². The van der Waals surface area contributed by atoms with Crippen molar-refractivity contribution in [3.63, 3.8) is 0 Å². The fraction of sp³-hybridized carbons (Fsp3) is 0.400. The van der Waals surface area contributed by atoms with Gasteiger partial charge in [-0.05, 0) is 20.8 Å². The number of carbonyl (C=O) groups is 1. The molecule has 0 fully saturated rings. The molecule has 0 spiro atoms. The lowest BCUT2D eigenvalue weighted by Gasteiger charge is -2.18. The van der Waals surface area contributed by atoms with E-state index >= 15 is 0 Å². The Morgan fingerprint density at radius 3 is 2.79 bits per heavy atom. The number of hydrogen-bond donors (Lipinski definition) is 1. The number of rotatable bonds is 2. The second kappa shape index (κ2) is 3.81. The van der Waals surface area contributed by atoms with Gasteiger partial charge in [0.25, 0.3) is 5.91 Å². The van der Waals surface area contributed by atoms with Gasteiger partial charge in [0.05, 0.1) is 16.7 Å². The van der Waals surface area contributed by atoms with E-state index in [1.165, 1.54) is 11.3 Å².